The molecule has 0 unspecified atom stereocenters. The van der Waals surface area contributed by atoms with Gasteiger partial charge in [-0.1, -0.05) is 6.07 Å². The fourth-order valence-electron chi connectivity index (χ4n) is 6.24. The summed E-state index contributed by atoms with van der Waals surface area (Å²) in [5, 5.41) is 0. The number of carbonyl (C=O) groups excluding carboxylic acids is 1. The summed E-state index contributed by atoms with van der Waals surface area (Å²) >= 11 is 0. The van der Waals surface area contributed by atoms with Crippen LogP contribution in [0.25, 0.3) is 0 Å². The average molecular weight is 330 g/mol. The first-order chi connectivity index (χ1) is 11.6. The van der Waals surface area contributed by atoms with Gasteiger partial charge in [0.05, 0.1) is 12.7 Å². The molecule has 1 aromatic carbocycles. The van der Waals surface area contributed by atoms with Crippen molar-refractivity contribution in [2.24, 2.45) is 23.2 Å². The number of esters is 1. The van der Waals surface area contributed by atoms with E-state index < -0.39 is 5.97 Å². The van der Waals surface area contributed by atoms with Crippen LogP contribution in [0.4, 0.5) is 4.39 Å². The molecule has 130 valence electrons. The summed E-state index contributed by atoms with van der Waals surface area (Å²) in [5.74, 6) is 2.18. The molecule has 1 aromatic rings. The third kappa shape index (κ3) is 2.98. The molecule has 4 aliphatic carbocycles. The Balaban J connectivity index is 1.37. The predicted octanol–water partition coefficient (Wildman–Crippen LogP) is 5.15. The van der Waals surface area contributed by atoms with Crippen LogP contribution in [0.3, 0.4) is 0 Å². The van der Waals surface area contributed by atoms with E-state index in [1.165, 1.54) is 58.1 Å². The van der Waals surface area contributed by atoms with E-state index in [0.717, 1.165) is 36.2 Å². The molecular weight excluding hydrogens is 303 g/mol. The SMILES string of the molecule is COC(=O)c1ccc(CCCC23CC4CC(CC(C4)C2)C3)c(F)c1. The lowest BCUT2D eigenvalue weighted by Gasteiger charge is -2.57. The van der Waals surface area contributed by atoms with Gasteiger partial charge in [0.2, 0.25) is 0 Å². The maximum atomic E-state index is 14.2. The Kier molecular flexibility index (Phi) is 4.14. The zero-order valence-corrected chi connectivity index (χ0v) is 14.5. The van der Waals surface area contributed by atoms with Gasteiger partial charge in [0.15, 0.2) is 0 Å². The normalized spacial score (nSPS) is 33.7. The van der Waals surface area contributed by atoms with Gasteiger partial charge in [-0.15, -0.1) is 0 Å². The van der Waals surface area contributed by atoms with Gasteiger partial charge in [0, 0.05) is 0 Å². The maximum Gasteiger partial charge on any atom is 0.337 e. The van der Waals surface area contributed by atoms with Crippen LogP contribution in [0.1, 0.15) is 67.3 Å². The minimum absolute atomic E-state index is 0.275. The number of rotatable bonds is 5. The van der Waals surface area contributed by atoms with Gasteiger partial charge in [-0.2, -0.15) is 0 Å². The fourth-order valence-corrected chi connectivity index (χ4v) is 6.24. The molecule has 24 heavy (non-hydrogen) atoms. The van der Waals surface area contributed by atoms with Crippen molar-refractivity contribution in [3.63, 3.8) is 0 Å². The highest BCUT2D eigenvalue weighted by Crippen LogP contribution is 2.61. The van der Waals surface area contributed by atoms with Crippen LogP contribution in [0.2, 0.25) is 0 Å². The first kappa shape index (κ1) is 16.1. The van der Waals surface area contributed by atoms with Crippen molar-refractivity contribution in [3.05, 3.63) is 35.1 Å². The predicted molar refractivity (Wildman–Crippen MR) is 91.3 cm³/mol. The number of carbonyl (C=O) groups is 1. The Morgan fingerprint density at radius 2 is 1.79 bits per heavy atom. The molecular formula is C21H27FO2. The van der Waals surface area contributed by atoms with E-state index in [1.807, 2.05) is 0 Å². The standard InChI is InChI=1S/C21H27FO2/c1-24-20(23)18-5-4-17(19(22)10-18)3-2-6-21-11-14-7-15(12-21)9-16(8-14)13-21/h4-5,10,14-16H,2-3,6-9,11-13H2,1H3. The van der Waals surface area contributed by atoms with E-state index in [0.29, 0.717) is 11.0 Å². The Labute approximate surface area is 143 Å². The Hall–Kier alpha value is -1.38. The second-order valence-electron chi connectivity index (χ2n) is 8.57. The van der Waals surface area contributed by atoms with E-state index in [4.69, 9.17) is 0 Å². The fraction of sp³-hybridized carbons (Fsp3) is 0.667. The number of methoxy groups -OCH3 is 1. The number of hydrogen-bond donors (Lipinski definition) is 0. The van der Waals surface area contributed by atoms with Gasteiger partial charge in [-0.3, -0.25) is 0 Å². The first-order valence-corrected chi connectivity index (χ1v) is 9.44. The van der Waals surface area contributed by atoms with Gasteiger partial charge in [0.25, 0.3) is 0 Å². The average Bonchev–Trinajstić information content (AvgIpc) is 2.54. The quantitative estimate of drug-likeness (QED) is 0.698. The lowest BCUT2D eigenvalue weighted by atomic mass is 9.48. The monoisotopic (exact) mass is 330 g/mol. The highest BCUT2D eigenvalue weighted by Gasteiger charge is 2.50. The van der Waals surface area contributed by atoms with Crippen LogP contribution >= 0.6 is 0 Å². The molecule has 5 rings (SSSR count). The Morgan fingerprint density at radius 1 is 1.17 bits per heavy atom. The molecule has 0 heterocycles. The molecule has 4 aliphatic rings. The first-order valence-electron chi connectivity index (χ1n) is 9.44. The van der Waals surface area contributed by atoms with Crippen LogP contribution in [-0.4, -0.2) is 13.1 Å². The van der Waals surface area contributed by atoms with Crippen molar-refractivity contribution >= 4 is 5.97 Å². The van der Waals surface area contributed by atoms with Crippen molar-refractivity contribution in [1.82, 2.24) is 0 Å². The van der Waals surface area contributed by atoms with Gasteiger partial charge < -0.3 is 4.74 Å². The molecule has 4 bridgehead atoms. The van der Waals surface area contributed by atoms with Gasteiger partial charge in [0.1, 0.15) is 5.82 Å². The molecule has 3 heteroatoms. The molecule has 0 amide bonds. The third-order valence-electron chi connectivity index (χ3n) is 6.79. The summed E-state index contributed by atoms with van der Waals surface area (Å²) in [6.07, 6.45) is 11.8. The molecule has 4 saturated carbocycles. The van der Waals surface area contributed by atoms with Crippen molar-refractivity contribution in [2.75, 3.05) is 7.11 Å². The van der Waals surface area contributed by atoms with E-state index in [9.17, 15) is 9.18 Å². The van der Waals surface area contributed by atoms with Crippen molar-refractivity contribution in [2.45, 2.75) is 57.8 Å². The van der Waals surface area contributed by atoms with E-state index in [2.05, 4.69) is 4.74 Å². The Morgan fingerprint density at radius 3 is 2.33 bits per heavy atom. The summed E-state index contributed by atoms with van der Waals surface area (Å²) in [6.45, 7) is 0. The number of aryl methyl sites for hydroxylation is 1. The smallest absolute Gasteiger partial charge is 0.337 e. The second-order valence-corrected chi connectivity index (χ2v) is 8.57. The summed E-state index contributed by atoms with van der Waals surface area (Å²) in [5.41, 5.74) is 1.59. The molecule has 0 aromatic heterocycles. The molecule has 0 atom stereocenters. The minimum Gasteiger partial charge on any atom is -0.465 e. The summed E-state index contributed by atoms with van der Waals surface area (Å²) < 4.78 is 18.9. The van der Waals surface area contributed by atoms with Crippen molar-refractivity contribution in [1.29, 1.82) is 0 Å². The van der Waals surface area contributed by atoms with Crippen LogP contribution in [-0.2, 0) is 11.2 Å². The molecule has 0 aliphatic heterocycles. The number of halogens is 1. The highest BCUT2D eigenvalue weighted by atomic mass is 19.1. The molecule has 0 radical (unpaired) electrons. The number of ether oxygens (including phenoxy) is 1. The minimum atomic E-state index is -0.478. The largest absolute Gasteiger partial charge is 0.465 e. The molecule has 4 fully saturated rings. The van der Waals surface area contributed by atoms with Crippen molar-refractivity contribution < 1.29 is 13.9 Å². The summed E-state index contributed by atoms with van der Waals surface area (Å²) in [6, 6.07) is 4.74. The Bertz CT molecular complexity index is 601. The lowest BCUT2D eigenvalue weighted by molar-refractivity contribution is -0.0580. The van der Waals surface area contributed by atoms with E-state index >= 15 is 0 Å². The van der Waals surface area contributed by atoms with Crippen molar-refractivity contribution in [3.8, 4) is 0 Å². The van der Waals surface area contributed by atoms with E-state index in [-0.39, 0.29) is 5.82 Å². The van der Waals surface area contributed by atoms with Crippen LogP contribution in [0.15, 0.2) is 18.2 Å². The van der Waals surface area contributed by atoms with Crippen LogP contribution in [0, 0.1) is 29.0 Å². The van der Waals surface area contributed by atoms with Gasteiger partial charge in [-0.25, -0.2) is 9.18 Å². The molecule has 2 nitrogen and oxygen atoms in total. The van der Waals surface area contributed by atoms with Gasteiger partial charge in [-0.05, 0) is 98.7 Å². The topological polar surface area (TPSA) is 26.3 Å². The zero-order chi connectivity index (χ0) is 16.7. The molecule has 0 N–H and O–H groups in total. The highest BCUT2D eigenvalue weighted by molar-refractivity contribution is 5.89. The number of benzene rings is 1. The summed E-state index contributed by atoms with van der Waals surface area (Å²) in [7, 11) is 1.32. The van der Waals surface area contributed by atoms with E-state index in [1.54, 1.807) is 12.1 Å². The van der Waals surface area contributed by atoms with Crippen LogP contribution in [0.5, 0.6) is 0 Å². The molecule has 0 spiro atoms. The summed E-state index contributed by atoms with van der Waals surface area (Å²) in [4.78, 5) is 11.5. The molecule has 0 saturated heterocycles. The van der Waals surface area contributed by atoms with Gasteiger partial charge >= 0.3 is 5.97 Å². The third-order valence-corrected chi connectivity index (χ3v) is 6.79. The maximum absolute atomic E-state index is 14.2. The number of hydrogen-bond acceptors (Lipinski definition) is 2. The van der Waals surface area contributed by atoms with Crippen LogP contribution < -0.4 is 0 Å². The zero-order valence-electron chi connectivity index (χ0n) is 14.5. The second kappa shape index (κ2) is 6.16. The lowest BCUT2D eigenvalue weighted by Crippen LogP contribution is -2.45.